The normalized spacial score (nSPS) is 11.5. The van der Waals surface area contributed by atoms with Crippen LogP contribution in [0.3, 0.4) is 0 Å². The molecular formula is C136H241ClO12. The van der Waals surface area contributed by atoms with E-state index in [1.165, 1.54) is 462 Å². The van der Waals surface area contributed by atoms with Gasteiger partial charge < -0.3 is 56.8 Å². The number of alkyl halides is 1. The fourth-order valence-corrected chi connectivity index (χ4v) is 20.8. The van der Waals surface area contributed by atoms with E-state index in [2.05, 4.69) is 111 Å². The molecule has 0 amide bonds. The van der Waals surface area contributed by atoms with Crippen molar-refractivity contribution in [2.45, 2.75) is 666 Å². The number of unbranched alkanes of at least 4 members (excludes halogenated alkanes) is 81. The lowest BCUT2D eigenvalue weighted by Crippen LogP contribution is -2.09. The zero-order chi connectivity index (χ0) is 106. The average Bonchev–Trinajstić information content (AvgIpc) is 0.783. The van der Waals surface area contributed by atoms with E-state index in [-0.39, 0.29) is 25.7 Å². The third-order valence-electron chi connectivity index (χ3n) is 30.4. The van der Waals surface area contributed by atoms with Gasteiger partial charge in [0.2, 0.25) is 23.0 Å². The van der Waals surface area contributed by atoms with Gasteiger partial charge in [-0.3, -0.25) is 0 Å². The van der Waals surface area contributed by atoms with Crippen LogP contribution in [0.4, 0.5) is 0 Å². The highest BCUT2D eigenvalue weighted by Gasteiger charge is 2.25. The summed E-state index contributed by atoms with van der Waals surface area (Å²) in [4.78, 5) is 0. The molecule has 0 fully saturated rings. The molecule has 4 aromatic rings. The van der Waals surface area contributed by atoms with Crippen LogP contribution < -0.4 is 56.8 Å². The van der Waals surface area contributed by atoms with Crippen LogP contribution in [-0.4, -0.2) is 59.5 Å². The summed E-state index contributed by atoms with van der Waals surface area (Å²) in [7, 11) is 0. The molecule has 0 aliphatic carbocycles. The zero-order valence-electron chi connectivity index (χ0n) is 99.7. The number of rotatable bonds is 118. The second-order valence-corrected chi connectivity index (χ2v) is 45.2. The summed E-state index contributed by atoms with van der Waals surface area (Å²) >= 11 is 7.20. The van der Waals surface area contributed by atoms with Crippen molar-refractivity contribution in [3.63, 3.8) is 0 Å². The average molecular weight is 2100 g/mol. The Bertz CT molecular complexity index is 3230. The van der Waals surface area contributed by atoms with Gasteiger partial charge in [0.1, 0.15) is 19.8 Å². The SMILES string of the molecule is CCCCCCCCCCCCOc1cc(COc2cc(CCl)cc(OCc3cc(OCCCCCCCCCCCC)c(OCCCCCCCCCCCC)c(OCCCCCCCCCCCC)c3)c2OCc2cc(OCCCCCCCCCCCC)c(OCCCCCCCCCCCC)c(OCCCCCCCCCCCC)c2)cc(OCCCCCCCCCCCC)c1OCCCCCCCCCCCC. The van der Waals surface area contributed by atoms with Gasteiger partial charge in [-0.15, -0.1) is 11.6 Å². The van der Waals surface area contributed by atoms with E-state index in [1.807, 2.05) is 0 Å². The minimum Gasteiger partial charge on any atom is -0.490 e. The molecule has 0 spiro atoms. The summed E-state index contributed by atoms with van der Waals surface area (Å²) in [6.45, 7) is 26.5. The topological polar surface area (TPSA) is 111 Å². The summed E-state index contributed by atoms with van der Waals surface area (Å²) in [6, 6.07) is 17.1. The highest BCUT2D eigenvalue weighted by Crippen LogP contribution is 2.47. The first-order chi connectivity index (χ1) is 73.8. The Labute approximate surface area is 927 Å². The number of hydrogen-bond donors (Lipinski definition) is 0. The minimum absolute atomic E-state index is 0.146. The van der Waals surface area contributed by atoms with Crippen molar-refractivity contribution in [3.05, 3.63) is 70.8 Å². The van der Waals surface area contributed by atoms with Gasteiger partial charge in [-0.25, -0.2) is 0 Å². The van der Waals surface area contributed by atoms with E-state index in [4.69, 9.17) is 68.4 Å². The molecule has 4 rings (SSSR count). The molecule has 0 aliphatic rings. The maximum Gasteiger partial charge on any atom is 0.203 e. The van der Waals surface area contributed by atoms with Crippen molar-refractivity contribution in [2.24, 2.45) is 0 Å². The van der Waals surface area contributed by atoms with Crippen molar-refractivity contribution in [2.75, 3.05) is 59.5 Å². The summed E-state index contributed by atoms with van der Waals surface area (Å²) in [5, 5.41) is 0. The minimum atomic E-state index is 0.146. The molecule has 0 heterocycles. The lowest BCUT2D eigenvalue weighted by atomic mass is 10.1. The Hall–Kier alpha value is -5.23. The van der Waals surface area contributed by atoms with Gasteiger partial charge in [-0.2, -0.15) is 0 Å². The van der Waals surface area contributed by atoms with Crippen LogP contribution in [0.25, 0.3) is 0 Å². The molecule has 0 saturated heterocycles. The van der Waals surface area contributed by atoms with E-state index in [0.717, 1.165) is 138 Å². The molecule has 0 bridgehead atoms. The Balaban J connectivity index is 2.01. The van der Waals surface area contributed by atoms with E-state index in [0.29, 0.717) is 128 Å². The monoisotopic (exact) mass is 2100 g/mol. The quantitative estimate of drug-likeness (QED) is 0.0310. The molecule has 0 N–H and O–H groups in total. The van der Waals surface area contributed by atoms with Crippen LogP contribution >= 0.6 is 11.6 Å². The first-order valence-corrected chi connectivity index (χ1v) is 66.1. The lowest BCUT2D eigenvalue weighted by molar-refractivity contribution is 0.220. The van der Waals surface area contributed by atoms with Crippen molar-refractivity contribution >= 4 is 11.6 Å². The first-order valence-electron chi connectivity index (χ1n) is 65.6. The molecule has 13 heteroatoms. The third kappa shape index (κ3) is 76.1. The first kappa shape index (κ1) is 136. The van der Waals surface area contributed by atoms with E-state index in [9.17, 15) is 0 Å². The van der Waals surface area contributed by atoms with E-state index < -0.39 is 0 Å². The van der Waals surface area contributed by atoms with Crippen molar-refractivity contribution < 1.29 is 56.8 Å². The predicted octanol–water partition coefficient (Wildman–Crippen LogP) is 45.9. The molecule has 0 radical (unpaired) electrons. The molecule has 0 unspecified atom stereocenters. The lowest BCUT2D eigenvalue weighted by Gasteiger charge is -2.22. The fraction of sp³-hybridized carbons (Fsp3) is 0.824. The van der Waals surface area contributed by atoms with Crippen LogP contribution in [0.1, 0.15) is 662 Å². The van der Waals surface area contributed by atoms with Gasteiger partial charge in [-0.1, -0.05) is 582 Å². The van der Waals surface area contributed by atoms with E-state index >= 15 is 0 Å². The zero-order valence-corrected chi connectivity index (χ0v) is 100. The maximum atomic E-state index is 7.53. The summed E-state index contributed by atoms with van der Waals surface area (Å²) < 4.78 is 86.0. The molecular weight excluding hydrogens is 1860 g/mol. The molecule has 0 aliphatic heterocycles. The van der Waals surface area contributed by atoms with Gasteiger partial charge in [0.05, 0.1) is 59.5 Å². The summed E-state index contributed by atoms with van der Waals surface area (Å²) in [5.41, 5.74) is 3.55. The second kappa shape index (κ2) is 104. The maximum absolute atomic E-state index is 7.53. The fourth-order valence-electron chi connectivity index (χ4n) is 20.7. The molecule has 0 saturated carbocycles. The van der Waals surface area contributed by atoms with Gasteiger partial charge in [0, 0.05) is 5.88 Å². The highest BCUT2D eigenvalue weighted by atomic mass is 35.5. The number of ether oxygens (including phenoxy) is 12. The van der Waals surface area contributed by atoms with Crippen molar-refractivity contribution in [1.29, 1.82) is 0 Å². The molecule has 149 heavy (non-hydrogen) atoms. The van der Waals surface area contributed by atoms with Gasteiger partial charge in [-0.05, 0) is 129 Å². The van der Waals surface area contributed by atoms with Crippen molar-refractivity contribution in [1.82, 2.24) is 0 Å². The number of halogens is 1. The summed E-state index contributed by atoms with van der Waals surface area (Å²) in [5.74, 6) is 8.09. The van der Waals surface area contributed by atoms with Crippen LogP contribution in [0.5, 0.6) is 69.0 Å². The Morgan fingerprint density at radius 3 is 0.369 bits per heavy atom. The highest BCUT2D eigenvalue weighted by molar-refractivity contribution is 6.17. The van der Waals surface area contributed by atoms with Crippen molar-refractivity contribution in [3.8, 4) is 69.0 Å². The number of hydrogen-bond acceptors (Lipinski definition) is 12. The largest absolute Gasteiger partial charge is 0.490 e. The van der Waals surface area contributed by atoms with Gasteiger partial charge >= 0.3 is 0 Å². The number of benzene rings is 4. The van der Waals surface area contributed by atoms with Crippen LogP contribution in [0.15, 0.2) is 48.5 Å². The Morgan fingerprint density at radius 2 is 0.228 bits per heavy atom. The molecule has 0 atom stereocenters. The second-order valence-electron chi connectivity index (χ2n) is 45.0. The van der Waals surface area contributed by atoms with Crippen LogP contribution in [0.2, 0.25) is 0 Å². The molecule has 12 nitrogen and oxygen atoms in total. The molecule has 864 valence electrons. The standard InChI is InChI=1S/C136H241ClO12/c1-10-19-28-37-46-55-64-73-82-91-100-138-125-111-122(112-126(139-101-92-83-74-65-56-47-38-29-20-11-2)133(125)144-106-97-88-79-70-61-52-43-34-25-16-7)118-147-131-109-121(117-137)110-132(148-119-123-113-127(140-102-93-84-75-66-57-48-39-30-21-12-3)134(145-107-98-89-80-71-62-53-44-35-26-17-8)128(114-123)141-103-94-85-76-67-58-49-40-31-22-13-4)136(131)149-120-124-115-129(142-104-95-86-77-68-59-50-41-32-23-14-5)135(146-108-99-90-81-72-63-54-45-36-27-18-9)130(116-124)143-105-96-87-78-69-60-51-42-33-24-15-6/h109-116H,10-108,117-120H2,1-9H3. The third-order valence-corrected chi connectivity index (χ3v) is 30.7. The Morgan fingerprint density at radius 1 is 0.121 bits per heavy atom. The summed E-state index contributed by atoms with van der Waals surface area (Å²) in [6.07, 6.45) is 113. The van der Waals surface area contributed by atoms with Crippen LogP contribution in [-0.2, 0) is 25.7 Å². The Kier molecular flexibility index (Phi) is 95.3. The predicted molar refractivity (Wildman–Crippen MR) is 644 cm³/mol. The molecule has 4 aromatic carbocycles. The van der Waals surface area contributed by atoms with Gasteiger partial charge in [0.15, 0.2) is 46.0 Å². The smallest absolute Gasteiger partial charge is 0.203 e. The van der Waals surface area contributed by atoms with Crippen LogP contribution in [0, 0.1) is 0 Å². The van der Waals surface area contributed by atoms with E-state index in [1.54, 1.807) is 0 Å². The molecule has 0 aromatic heterocycles. The van der Waals surface area contributed by atoms with Gasteiger partial charge in [0.25, 0.3) is 0 Å².